The van der Waals surface area contributed by atoms with E-state index in [1.807, 2.05) is 13.8 Å². The Morgan fingerprint density at radius 1 is 1.07 bits per heavy atom. The van der Waals surface area contributed by atoms with Gasteiger partial charge in [-0.05, 0) is 89.2 Å². The topological polar surface area (TPSA) is 108 Å². The second-order valence-corrected chi connectivity index (χ2v) is 13.8. The Balaban J connectivity index is 1.65. The van der Waals surface area contributed by atoms with Crippen molar-refractivity contribution in [2.24, 2.45) is 11.8 Å². The lowest BCUT2D eigenvalue weighted by atomic mass is 10.0. The third-order valence-electron chi connectivity index (χ3n) is 8.12. The summed E-state index contributed by atoms with van der Waals surface area (Å²) in [6.45, 7) is 8.50. The van der Waals surface area contributed by atoms with Crippen LogP contribution in [0, 0.1) is 11.8 Å². The minimum Gasteiger partial charge on any atom is -0.490 e. The molecule has 10 heteroatoms. The molecular weight excluding hydrogens is 554 g/mol. The fourth-order valence-electron chi connectivity index (χ4n) is 5.39. The van der Waals surface area contributed by atoms with E-state index < -0.39 is 16.1 Å². The molecule has 2 N–H and O–H groups in total. The standard InChI is InChI=1S/C32H47N3O6S/c1-23-19-35(24(2)22-36)32(37)29-18-27(33-42(38,39)28-11-6-5-7-12-28)15-16-30(29)41-25(3)10-8-9-17-40-31(23)21-34(4)20-26-13-14-26/h5-7,11-12,15-16,18,23-26,31,33,36H,8-10,13-14,17,19-22H2,1-4H3/t23-,24+,25-,31-/m0/s1. The second-order valence-electron chi connectivity index (χ2n) is 12.1. The first-order valence-corrected chi connectivity index (χ1v) is 16.7. The number of rotatable bonds is 9. The Labute approximate surface area is 251 Å². The van der Waals surface area contributed by atoms with Crippen molar-refractivity contribution >= 4 is 21.6 Å². The van der Waals surface area contributed by atoms with Gasteiger partial charge in [0.05, 0.1) is 35.3 Å². The van der Waals surface area contributed by atoms with Crippen molar-refractivity contribution in [3.8, 4) is 5.75 Å². The summed E-state index contributed by atoms with van der Waals surface area (Å²) in [5.41, 5.74) is 0.513. The number of nitrogens with one attached hydrogen (secondary N) is 1. The van der Waals surface area contributed by atoms with Gasteiger partial charge in [0.15, 0.2) is 0 Å². The number of fused-ring (bicyclic) bond motifs is 1. The molecule has 1 aliphatic heterocycles. The van der Waals surface area contributed by atoms with Crippen molar-refractivity contribution in [1.29, 1.82) is 0 Å². The number of hydrogen-bond acceptors (Lipinski definition) is 7. The number of aliphatic hydroxyl groups is 1. The molecule has 4 atom stereocenters. The highest BCUT2D eigenvalue weighted by Crippen LogP contribution is 2.31. The Bertz CT molecular complexity index is 1270. The van der Waals surface area contributed by atoms with Crippen LogP contribution in [0.4, 0.5) is 5.69 Å². The van der Waals surface area contributed by atoms with Gasteiger partial charge in [-0.3, -0.25) is 9.52 Å². The van der Waals surface area contributed by atoms with Crippen LogP contribution in [0.2, 0.25) is 0 Å². The molecule has 0 aromatic heterocycles. The van der Waals surface area contributed by atoms with Crippen LogP contribution >= 0.6 is 0 Å². The van der Waals surface area contributed by atoms with Gasteiger partial charge >= 0.3 is 0 Å². The van der Waals surface area contributed by atoms with E-state index in [0.717, 1.165) is 38.3 Å². The van der Waals surface area contributed by atoms with Gasteiger partial charge in [0.1, 0.15) is 5.75 Å². The van der Waals surface area contributed by atoms with Crippen LogP contribution in [-0.2, 0) is 14.8 Å². The number of ether oxygens (including phenoxy) is 2. The van der Waals surface area contributed by atoms with E-state index in [4.69, 9.17) is 9.47 Å². The van der Waals surface area contributed by atoms with Gasteiger partial charge < -0.3 is 24.4 Å². The average molecular weight is 602 g/mol. The van der Waals surface area contributed by atoms with E-state index in [0.29, 0.717) is 18.9 Å². The summed E-state index contributed by atoms with van der Waals surface area (Å²) < 4.78 is 41.4. The van der Waals surface area contributed by atoms with E-state index in [1.54, 1.807) is 35.2 Å². The number of carbonyl (C=O) groups excluding carboxylic acids is 1. The summed E-state index contributed by atoms with van der Waals surface area (Å²) in [6.07, 6.45) is 4.95. The van der Waals surface area contributed by atoms with Gasteiger partial charge in [-0.25, -0.2) is 8.42 Å². The van der Waals surface area contributed by atoms with Gasteiger partial charge in [-0.2, -0.15) is 0 Å². The number of likely N-dealkylation sites (N-methyl/N-ethyl adjacent to an activating group) is 1. The first-order valence-electron chi connectivity index (χ1n) is 15.2. The summed E-state index contributed by atoms with van der Waals surface area (Å²) in [5, 5.41) is 10.1. The number of carbonyl (C=O) groups is 1. The molecule has 1 amide bonds. The normalized spacial score (nSPS) is 23.5. The molecule has 2 aromatic rings. The molecule has 0 saturated heterocycles. The quantitative estimate of drug-likeness (QED) is 0.432. The van der Waals surface area contributed by atoms with Crippen molar-refractivity contribution in [3.63, 3.8) is 0 Å². The second kappa shape index (κ2) is 14.7. The van der Waals surface area contributed by atoms with Crippen LogP contribution < -0.4 is 9.46 Å². The zero-order chi connectivity index (χ0) is 30.3. The number of hydrogen-bond donors (Lipinski definition) is 2. The lowest BCUT2D eigenvalue weighted by Crippen LogP contribution is -2.47. The molecule has 2 aliphatic rings. The molecule has 1 aliphatic carbocycles. The van der Waals surface area contributed by atoms with E-state index >= 15 is 0 Å². The minimum atomic E-state index is -3.86. The smallest absolute Gasteiger partial charge is 0.261 e. The fourth-order valence-corrected chi connectivity index (χ4v) is 6.46. The average Bonchev–Trinajstić information content (AvgIpc) is 3.78. The van der Waals surface area contributed by atoms with Crippen LogP contribution in [0.5, 0.6) is 5.75 Å². The summed E-state index contributed by atoms with van der Waals surface area (Å²) in [5.74, 6) is 0.832. The van der Waals surface area contributed by atoms with Crippen LogP contribution in [0.3, 0.4) is 0 Å². The molecule has 1 heterocycles. The van der Waals surface area contributed by atoms with E-state index in [2.05, 4.69) is 23.6 Å². The number of anilines is 1. The Hall–Kier alpha value is -2.66. The molecule has 42 heavy (non-hydrogen) atoms. The predicted octanol–water partition coefficient (Wildman–Crippen LogP) is 4.62. The Morgan fingerprint density at radius 3 is 2.50 bits per heavy atom. The third kappa shape index (κ3) is 8.92. The van der Waals surface area contributed by atoms with Crippen LogP contribution in [0.25, 0.3) is 0 Å². The maximum Gasteiger partial charge on any atom is 0.261 e. The number of nitrogens with zero attached hydrogens (tertiary/aromatic N) is 2. The molecule has 0 radical (unpaired) electrons. The van der Waals surface area contributed by atoms with Crippen LogP contribution in [0.15, 0.2) is 53.4 Å². The summed E-state index contributed by atoms with van der Waals surface area (Å²) in [7, 11) is -1.73. The van der Waals surface area contributed by atoms with Crippen LogP contribution in [-0.4, -0.2) is 87.4 Å². The molecule has 2 aromatic carbocycles. The first kappa shape index (κ1) is 32.3. The molecule has 1 saturated carbocycles. The Kier molecular flexibility index (Phi) is 11.3. The number of amides is 1. The molecule has 1 fully saturated rings. The molecule has 4 rings (SSSR count). The monoisotopic (exact) mass is 601 g/mol. The first-order chi connectivity index (χ1) is 20.1. The van der Waals surface area contributed by atoms with E-state index in [1.165, 1.54) is 31.0 Å². The molecule has 9 nitrogen and oxygen atoms in total. The summed E-state index contributed by atoms with van der Waals surface area (Å²) in [4.78, 5) is 18.4. The van der Waals surface area contributed by atoms with Gasteiger partial charge in [-0.15, -0.1) is 0 Å². The molecule has 0 bridgehead atoms. The maximum atomic E-state index is 14.2. The van der Waals surface area contributed by atoms with Crippen molar-refractivity contribution in [2.45, 2.75) is 76.0 Å². The number of benzene rings is 2. The minimum absolute atomic E-state index is 0.00407. The highest BCUT2D eigenvalue weighted by Gasteiger charge is 2.31. The largest absolute Gasteiger partial charge is 0.490 e. The fraction of sp³-hybridized carbons (Fsp3) is 0.594. The molecule has 0 spiro atoms. The maximum absolute atomic E-state index is 14.2. The molecule has 0 unspecified atom stereocenters. The highest BCUT2D eigenvalue weighted by atomic mass is 32.2. The number of sulfonamides is 1. The van der Waals surface area contributed by atoms with Gasteiger partial charge in [0, 0.05) is 37.8 Å². The van der Waals surface area contributed by atoms with Crippen molar-refractivity contribution in [2.75, 3.05) is 44.6 Å². The van der Waals surface area contributed by atoms with Crippen molar-refractivity contribution in [1.82, 2.24) is 9.80 Å². The lowest BCUT2D eigenvalue weighted by molar-refractivity contribution is -0.0172. The Morgan fingerprint density at radius 2 is 1.81 bits per heavy atom. The number of aliphatic hydroxyl groups excluding tert-OH is 1. The zero-order valence-corrected chi connectivity index (χ0v) is 26.2. The lowest BCUT2D eigenvalue weighted by Gasteiger charge is -2.36. The predicted molar refractivity (Wildman–Crippen MR) is 164 cm³/mol. The SMILES string of the molecule is C[C@H](CO)N1C[C@H](C)[C@H](CN(C)CC2CC2)OCCCC[C@H](C)Oc2ccc(NS(=O)(=O)c3ccccc3)cc2C1=O. The van der Waals surface area contributed by atoms with Crippen LogP contribution in [0.1, 0.15) is 63.2 Å². The van der Waals surface area contributed by atoms with Crippen molar-refractivity contribution < 1.29 is 27.8 Å². The van der Waals surface area contributed by atoms with Crippen molar-refractivity contribution in [3.05, 3.63) is 54.1 Å². The van der Waals surface area contributed by atoms with Gasteiger partial charge in [0.2, 0.25) is 0 Å². The summed E-state index contributed by atoms with van der Waals surface area (Å²) >= 11 is 0. The summed E-state index contributed by atoms with van der Waals surface area (Å²) in [6, 6.07) is 12.4. The van der Waals surface area contributed by atoms with Gasteiger partial charge in [0.25, 0.3) is 15.9 Å². The third-order valence-corrected chi connectivity index (χ3v) is 9.51. The van der Waals surface area contributed by atoms with E-state index in [9.17, 15) is 18.3 Å². The highest BCUT2D eigenvalue weighted by molar-refractivity contribution is 7.92. The zero-order valence-electron chi connectivity index (χ0n) is 25.4. The van der Waals surface area contributed by atoms with E-state index in [-0.39, 0.29) is 46.8 Å². The van der Waals surface area contributed by atoms with Gasteiger partial charge in [-0.1, -0.05) is 25.1 Å². The molecular formula is C32H47N3O6S. The molecule has 232 valence electrons.